The Bertz CT molecular complexity index is 669. The van der Waals surface area contributed by atoms with E-state index < -0.39 is 36.4 Å². The zero-order chi connectivity index (χ0) is 20.1. The molecule has 2 atom stereocenters. The molecule has 150 valence electrons. The summed E-state index contributed by atoms with van der Waals surface area (Å²) in [6.45, 7) is -0.737. The smallest absolute Gasteiger partial charge is 0.388 e. The maximum absolute atomic E-state index is 12.2. The lowest BCUT2D eigenvalue weighted by Gasteiger charge is -2.28. The molecule has 0 bridgehead atoms. The zero-order valence-corrected chi connectivity index (χ0v) is 14.7. The second-order valence-corrected chi connectivity index (χ2v) is 6.89. The molecule has 1 aliphatic rings. The van der Waals surface area contributed by atoms with Gasteiger partial charge in [0.25, 0.3) is 0 Å². The number of alkyl halides is 3. The molecule has 1 fully saturated rings. The fourth-order valence-corrected chi connectivity index (χ4v) is 3.06. The molecular formula is C19H24F3NO4. The highest BCUT2D eigenvalue weighted by molar-refractivity contribution is 5.81. The van der Waals surface area contributed by atoms with Gasteiger partial charge >= 0.3 is 12.1 Å². The quantitative estimate of drug-likeness (QED) is 0.604. The largest absolute Gasteiger partial charge is 0.471 e. The van der Waals surface area contributed by atoms with Gasteiger partial charge in [0, 0.05) is 6.54 Å². The highest BCUT2D eigenvalue weighted by atomic mass is 19.4. The number of aliphatic hydroxyl groups excluding tert-OH is 2. The van der Waals surface area contributed by atoms with Gasteiger partial charge in [-0.3, -0.25) is 4.79 Å². The number of nitrogens with one attached hydrogen (secondary N) is 1. The lowest BCUT2D eigenvalue weighted by Crippen LogP contribution is -2.42. The third kappa shape index (κ3) is 6.34. The SMILES string of the molecule is O=C(NC[C@H](O)[C@H](O)c1cccc(/C=C/C2(O)CCCCC2)c1)C(F)(F)F. The monoisotopic (exact) mass is 387 g/mol. The van der Waals surface area contributed by atoms with Crippen LogP contribution >= 0.6 is 0 Å². The van der Waals surface area contributed by atoms with Crippen LogP contribution in [0.4, 0.5) is 13.2 Å². The fraction of sp³-hybridized carbons (Fsp3) is 0.526. The van der Waals surface area contributed by atoms with Crippen LogP contribution in [0.25, 0.3) is 6.08 Å². The van der Waals surface area contributed by atoms with Crippen molar-refractivity contribution in [3.8, 4) is 0 Å². The summed E-state index contributed by atoms with van der Waals surface area (Å²) in [5.41, 5.74) is 0.118. The van der Waals surface area contributed by atoms with E-state index in [2.05, 4.69) is 0 Å². The van der Waals surface area contributed by atoms with Crippen molar-refractivity contribution < 1.29 is 33.3 Å². The molecular weight excluding hydrogens is 363 g/mol. The first-order valence-corrected chi connectivity index (χ1v) is 8.83. The van der Waals surface area contributed by atoms with Gasteiger partial charge in [-0.25, -0.2) is 0 Å². The molecule has 5 nitrogen and oxygen atoms in total. The molecule has 1 aromatic rings. The number of carbonyl (C=O) groups excluding carboxylic acids is 1. The van der Waals surface area contributed by atoms with E-state index in [0.29, 0.717) is 24.0 Å². The van der Waals surface area contributed by atoms with Gasteiger partial charge < -0.3 is 20.6 Å². The van der Waals surface area contributed by atoms with Crippen molar-refractivity contribution in [2.75, 3.05) is 6.54 Å². The number of aliphatic hydroxyl groups is 3. The molecule has 0 unspecified atom stereocenters. The fourth-order valence-electron chi connectivity index (χ4n) is 3.06. The molecule has 0 saturated heterocycles. The molecule has 4 N–H and O–H groups in total. The standard InChI is InChI=1S/C19H24F3NO4/c20-19(21,22)17(26)23-12-15(24)16(25)14-6-4-5-13(11-14)7-10-18(27)8-2-1-3-9-18/h4-7,10-11,15-16,24-25,27H,1-3,8-9,12H2,(H,23,26)/b10-7+/t15-,16+/m0/s1. The number of carbonyl (C=O) groups is 1. The zero-order valence-electron chi connectivity index (χ0n) is 14.7. The topological polar surface area (TPSA) is 89.8 Å². The van der Waals surface area contributed by atoms with Gasteiger partial charge in [0.15, 0.2) is 0 Å². The van der Waals surface area contributed by atoms with Gasteiger partial charge in [-0.1, -0.05) is 49.6 Å². The van der Waals surface area contributed by atoms with Crippen molar-refractivity contribution in [2.45, 2.75) is 56.1 Å². The van der Waals surface area contributed by atoms with E-state index in [9.17, 15) is 33.3 Å². The predicted molar refractivity (Wildman–Crippen MR) is 93.5 cm³/mol. The van der Waals surface area contributed by atoms with Crippen LogP contribution in [0.5, 0.6) is 0 Å². The first-order valence-electron chi connectivity index (χ1n) is 8.83. The van der Waals surface area contributed by atoms with Crippen molar-refractivity contribution in [3.63, 3.8) is 0 Å². The summed E-state index contributed by atoms with van der Waals surface area (Å²) in [5, 5.41) is 32.0. The summed E-state index contributed by atoms with van der Waals surface area (Å²) in [5.74, 6) is -2.17. The minimum Gasteiger partial charge on any atom is -0.388 e. The van der Waals surface area contributed by atoms with E-state index in [1.807, 2.05) is 0 Å². The third-order valence-corrected chi connectivity index (χ3v) is 4.65. The predicted octanol–water partition coefficient (Wildman–Crippen LogP) is 2.47. The molecule has 0 spiro atoms. The summed E-state index contributed by atoms with van der Waals surface area (Å²) in [6.07, 6.45) is -0.299. The molecule has 1 aromatic carbocycles. The molecule has 1 saturated carbocycles. The lowest BCUT2D eigenvalue weighted by atomic mass is 9.84. The Morgan fingerprint density at radius 3 is 2.52 bits per heavy atom. The van der Waals surface area contributed by atoms with Gasteiger partial charge in [0.05, 0.1) is 5.60 Å². The number of hydrogen-bond donors (Lipinski definition) is 4. The number of rotatable bonds is 6. The van der Waals surface area contributed by atoms with Crippen LogP contribution in [0, 0.1) is 0 Å². The van der Waals surface area contributed by atoms with Crippen molar-refractivity contribution in [3.05, 3.63) is 41.5 Å². The molecule has 1 aliphatic carbocycles. The van der Waals surface area contributed by atoms with Crippen LogP contribution in [0.2, 0.25) is 0 Å². The van der Waals surface area contributed by atoms with Gasteiger partial charge in [0.2, 0.25) is 0 Å². The Kier molecular flexibility index (Phi) is 7.02. The van der Waals surface area contributed by atoms with E-state index in [1.54, 1.807) is 30.4 Å². The van der Waals surface area contributed by atoms with Crippen molar-refractivity contribution >= 4 is 12.0 Å². The Morgan fingerprint density at radius 1 is 1.22 bits per heavy atom. The van der Waals surface area contributed by atoms with Crippen LogP contribution in [0.1, 0.15) is 49.3 Å². The van der Waals surface area contributed by atoms with Crippen LogP contribution in [-0.4, -0.2) is 45.7 Å². The summed E-state index contributed by atoms with van der Waals surface area (Å²) in [7, 11) is 0. The van der Waals surface area contributed by atoms with E-state index in [0.717, 1.165) is 19.3 Å². The third-order valence-electron chi connectivity index (χ3n) is 4.65. The molecule has 1 amide bonds. The Labute approximate surface area is 155 Å². The van der Waals surface area contributed by atoms with Crippen molar-refractivity contribution in [1.29, 1.82) is 0 Å². The minimum atomic E-state index is -5.05. The van der Waals surface area contributed by atoms with Crippen LogP contribution in [-0.2, 0) is 4.79 Å². The summed E-state index contributed by atoms with van der Waals surface area (Å²) in [4.78, 5) is 10.8. The highest BCUT2D eigenvalue weighted by Gasteiger charge is 2.38. The molecule has 0 aliphatic heterocycles. The van der Waals surface area contributed by atoms with Gasteiger partial charge in [-0.2, -0.15) is 13.2 Å². The number of halogens is 3. The number of amides is 1. The van der Waals surface area contributed by atoms with E-state index in [1.165, 1.54) is 11.4 Å². The van der Waals surface area contributed by atoms with Gasteiger partial charge in [0.1, 0.15) is 12.2 Å². The summed E-state index contributed by atoms with van der Waals surface area (Å²) in [6, 6.07) is 6.47. The molecule has 27 heavy (non-hydrogen) atoms. The van der Waals surface area contributed by atoms with E-state index in [4.69, 9.17) is 0 Å². The van der Waals surface area contributed by atoms with Gasteiger partial charge in [-0.05, 0) is 30.0 Å². The Morgan fingerprint density at radius 2 is 1.89 bits per heavy atom. The Hall–Kier alpha value is -1.90. The number of hydrogen-bond acceptors (Lipinski definition) is 4. The second-order valence-electron chi connectivity index (χ2n) is 6.89. The maximum Gasteiger partial charge on any atom is 0.471 e. The van der Waals surface area contributed by atoms with Crippen molar-refractivity contribution in [1.82, 2.24) is 5.32 Å². The van der Waals surface area contributed by atoms with E-state index >= 15 is 0 Å². The minimum absolute atomic E-state index is 0.293. The first kappa shape index (κ1) is 21.4. The average molecular weight is 387 g/mol. The van der Waals surface area contributed by atoms with Gasteiger partial charge in [-0.15, -0.1) is 0 Å². The van der Waals surface area contributed by atoms with E-state index in [-0.39, 0.29) is 0 Å². The Balaban J connectivity index is 1.99. The van der Waals surface area contributed by atoms with Crippen LogP contribution < -0.4 is 5.32 Å². The molecule has 0 aromatic heterocycles. The molecule has 8 heteroatoms. The van der Waals surface area contributed by atoms with Crippen LogP contribution in [0.15, 0.2) is 30.3 Å². The highest BCUT2D eigenvalue weighted by Crippen LogP contribution is 2.30. The summed E-state index contributed by atoms with van der Waals surface area (Å²) < 4.78 is 36.5. The molecule has 0 heterocycles. The second kappa shape index (κ2) is 8.86. The first-order chi connectivity index (χ1) is 12.6. The normalized spacial score (nSPS) is 19.6. The molecule has 2 rings (SSSR count). The van der Waals surface area contributed by atoms with Crippen LogP contribution in [0.3, 0.4) is 0 Å². The molecule has 0 radical (unpaired) electrons. The average Bonchev–Trinajstić information content (AvgIpc) is 2.63. The van der Waals surface area contributed by atoms with Crippen molar-refractivity contribution in [2.24, 2.45) is 0 Å². The lowest BCUT2D eigenvalue weighted by molar-refractivity contribution is -0.174. The maximum atomic E-state index is 12.2. The summed E-state index contributed by atoms with van der Waals surface area (Å²) >= 11 is 0. The number of benzene rings is 1.